The third-order valence-corrected chi connectivity index (χ3v) is 3.74. The topological polar surface area (TPSA) is 81.2 Å². The number of anilines is 1. The minimum Gasteiger partial charge on any atom is -0.440 e. The number of oxazole rings is 1. The molecule has 0 aliphatic heterocycles. The summed E-state index contributed by atoms with van der Waals surface area (Å²) < 4.78 is 5.76. The fourth-order valence-corrected chi connectivity index (χ4v) is 2.36. The first-order valence-corrected chi connectivity index (χ1v) is 7.87. The van der Waals surface area contributed by atoms with E-state index in [1.165, 1.54) is 0 Å². The van der Waals surface area contributed by atoms with Crippen molar-refractivity contribution in [2.45, 2.75) is 32.2 Å². The predicted molar refractivity (Wildman–Crippen MR) is 102 cm³/mol. The van der Waals surface area contributed by atoms with Crippen LogP contribution in [0, 0.1) is 0 Å². The zero-order valence-electron chi connectivity index (χ0n) is 14.4. The largest absolute Gasteiger partial charge is 0.440 e. The van der Waals surface area contributed by atoms with Gasteiger partial charge in [0.25, 0.3) is 0 Å². The van der Waals surface area contributed by atoms with E-state index >= 15 is 0 Å². The van der Waals surface area contributed by atoms with Crippen molar-refractivity contribution in [2.24, 2.45) is 5.73 Å². The Kier molecular flexibility index (Phi) is 5.50. The van der Waals surface area contributed by atoms with Gasteiger partial charge in [-0.1, -0.05) is 51.1 Å². The summed E-state index contributed by atoms with van der Waals surface area (Å²) in [6.45, 7) is 6.12. The molecule has 3 rings (SSSR count). The molecule has 25 heavy (non-hydrogen) atoms. The molecule has 3 N–H and O–H groups in total. The summed E-state index contributed by atoms with van der Waals surface area (Å²) in [5, 5.41) is 2.83. The Morgan fingerprint density at radius 3 is 2.48 bits per heavy atom. The highest BCUT2D eigenvalue weighted by molar-refractivity contribution is 5.96. The highest BCUT2D eigenvalue weighted by Crippen LogP contribution is 2.27. The number of nitrogens with one attached hydrogen (secondary N) is 1. The number of rotatable bonds is 3. The van der Waals surface area contributed by atoms with Crippen LogP contribution >= 0.6 is 12.4 Å². The molecule has 0 radical (unpaired) electrons. The van der Waals surface area contributed by atoms with Crippen molar-refractivity contribution in [1.82, 2.24) is 4.98 Å². The molecule has 0 saturated carbocycles. The normalized spacial score (nSPS) is 12.5. The molecule has 6 heteroatoms. The van der Waals surface area contributed by atoms with E-state index in [2.05, 4.69) is 10.3 Å². The number of amides is 1. The maximum absolute atomic E-state index is 12.3. The van der Waals surface area contributed by atoms with Crippen LogP contribution in [0.4, 0.5) is 5.69 Å². The van der Waals surface area contributed by atoms with Gasteiger partial charge in [-0.25, -0.2) is 4.98 Å². The number of nitrogens with zero attached hydrogens (tertiary/aromatic N) is 1. The number of nitrogens with two attached hydrogens (primary N) is 1. The van der Waals surface area contributed by atoms with Gasteiger partial charge in [-0.2, -0.15) is 0 Å². The first-order valence-electron chi connectivity index (χ1n) is 7.87. The van der Waals surface area contributed by atoms with E-state index in [1.54, 1.807) is 18.2 Å². The summed E-state index contributed by atoms with van der Waals surface area (Å²) >= 11 is 0. The van der Waals surface area contributed by atoms with E-state index < -0.39 is 6.04 Å². The number of carbonyl (C=O) groups is 1. The van der Waals surface area contributed by atoms with E-state index in [1.807, 2.05) is 51.1 Å². The molecule has 1 heterocycles. The highest BCUT2D eigenvalue weighted by atomic mass is 35.5. The fourth-order valence-electron chi connectivity index (χ4n) is 2.36. The molecule has 1 aromatic heterocycles. The molecule has 2 aromatic carbocycles. The molecule has 0 aliphatic carbocycles. The number of hydrogen-bond acceptors (Lipinski definition) is 4. The highest BCUT2D eigenvalue weighted by Gasteiger charge is 2.21. The van der Waals surface area contributed by atoms with Crippen LogP contribution in [-0.2, 0) is 10.2 Å². The standard InChI is InChI=1S/C19H21N3O2.ClH/c1-19(2,3)18-22-14-11-13(9-10-15(14)24-18)21-17(23)16(20)12-7-5-4-6-8-12;/h4-11,16H,20H2,1-3H3,(H,21,23);1H. The van der Waals surface area contributed by atoms with Crippen LogP contribution in [0.3, 0.4) is 0 Å². The van der Waals surface area contributed by atoms with E-state index in [4.69, 9.17) is 10.2 Å². The monoisotopic (exact) mass is 359 g/mol. The molecular weight excluding hydrogens is 338 g/mol. The second-order valence-electron chi connectivity index (χ2n) is 6.83. The molecule has 3 aromatic rings. The smallest absolute Gasteiger partial charge is 0.245 e. The van der Waals surface area contributed by atoms with Gasteiger partial charge in [0, 0.05) is 11.1 Å². The first-order chi connectivity index (χ1) is 11.3. The molecule has 0 spiro atoms. The number of carbonyl (C=O) groups excluding carboxylic acids is 1. The zero-order valence-corrected chi connectivity index (χ0v) is 15.3. The Balaban J connectivity index is 0.00000225. The van der Waals surface area contributed by atoms with Crippen LogP contribution < -0.4 is 11.1 Å². The number of aromatic nitrogens is 1. The lowest BCUT2D eigenvalue weighted by Crippen LogP contribution is -2.27. The van der Waals surface area contributed by atoms with Crippen LogP contribution in [0.15, 0.2) is 52.9 Å². The molecule has 5 nitrogen and oxygen atoms in total. The molecule has 1 amide bonds. The Bertz CT molecular complexity index is 869. The zero-order chi connectivity index (χ0) is 17.3. The average molecular weight is 360 g/mol. The fraction of sp³-hybridized carbons (Fsp3) is 0.263. The molecular formula is C19H22ClN3O2. The molecule has 0 aliphatic rings. The van der Waals surface area contributed by atoms with Gasteiger partial charge in [0.2, 0.25) is 11.8 Å². The molecule has 1 unspecified atom stereocenters. The molecule has 132 valence electrons. The van der Waals surface area contributed by atoms with E-state index in [0.717, 1.165) is 5.56 Å². The molecule has 0 fully saturated rings. The van der Waals surface area contributed by atoms with Crippen LogP contribution in [0.5, 0.6) is 0 Å². The van der Waals surface area contributed by atoms with Crippen molar-refractivity contribution in [3.63, 3.8) is 0 Å². The lowest BCUT2D eigenvalue weighted by atomic mass is 9.97. The lowest BCUT2D eigenvalue weighted by Gasteiger charge is -2.12. The quantitative estimate of drug-likeness (QED) is 0.734. The van der Waals surface area contributed by atoms with Crippen molar-refractivity contribution in [1.29, 1.82) is 0 Å². The van der Waals surface area contributed by atoms with Crippen LogP contribution in [0.2, 0.25) is 0 Å². The Hall–Kier alpha value is -2.37. The summed E-state index contributed by atoms with van der Waals surface area (Å²) in [4.78, 5) is 16.8. The number of halogens is 1. The van der Waals surface area contributed by atoms with Gasteiger partial charge < -0.3 is 15.5 Å². The predicted octanol–water partition coefficient (Wildman–Crippen LogP) is 4.19. The second-order valence-corrected chi connectivity index (χ2v) is 6.83. The Morgan fingerprint density at radius 2 is 1.84 bits per heavy atom. The van der Waals surface area contributed by atoms with Gasteiger partial charge in [-0.05, 0) is 23.8 Å². The third kappa shape index (κ3) is 4.18. The van der Waals surface area contributed by atoms with Gasteiger partial charge in [-0.3, -0.25) is 4.79 Å². The Labute approximate surface area is 153 Å². The SMILES string of the molecule is CC(C)(C)c1nc2cc(NC(=O)C(N)c3ccccc3)ccc2o1.Cl. The van der Waals surface area contributed by atoms with Crippen LogP contribution in [-0.4, -0.2) is 10.9 Å². The van der Waals surface area contributed by atoms with E-state index in [0.29, 0.717) is 22.7 Å². The van der Waals surface area contributed by atoms with Crippen LogP contribution in [0.1, 0.15) is 38.3 Å². The summed E-state index contributed by atoms with van der Waals surface area (Å²) in [5.74, 6) is 0.405. The molecule has 0 bridgehead atoms. The number of hydrogen-bond donors (Lipinski definition) is 2. The van der Waals surface area contributed by atoms with Crippen molar-refractivity contribution in [3.05, 3.63) is 60.0 Å². The number of fused-ring (bicyclic) bond motifs is 1. The van der Waals surface area contributed by atoms with Gasteiger partial charge in [0.1, 0.15) is 11.6 Å². The lowest BCUT2D eigenvalue weighted by molar-refractivity contribution is -0.117. The van der Waals surface area contributed by atoms with Gasteiger partial charge >= 0.3 is 0 Å². The molecule has 1 atom stereocenters. The number of benzene rings is 2. The van der Waals surface area contributed by atoms with E-state index in [-0.39, 0.29) is 23.7 Å². The minimum absolute atomic E-state index is 0. The van der Waals surface area contributed by atoms with E-state index in [9.17, 15) is 4.79 Å². The summed E-state index contributed by atoms with van der Waals surface area (Å²) in [6, 6.07) is 13.9. The van der Waals surface area contributed by atoms with Crippen molar-refractivity contribution in [2.75, 3.05) is 5.32 Å². The summed E-state index contributed by atoms with van der Waals surface area (Å²) in [7, 11) is 0. The maximum atomic E-state index is 12.3. The first kappa shape index (κ1) is 19.0. The van der Waals surface area contributed by atoms with Crippen molar-refractivity contribution < 1.29 is 9.21 Å². The third-order valence-electron chi connectivity index (χ3n) is 3.74. The van der Waals surface area contributed by atoms with Gasteiger partial charge in [-0.15, -0.1) is 12.4 Å². The maximum Gasteiger partial charge on any atom is 0.245 e. The summed E-state index contributed by atoms with van der Waals surface area (Å²) in [6.07, 6.45) is 0. The van der Waals surface area contributed by atoms with Crippen LogP contribution in [0.25, 0.3) is 11.1 Å². The second kappa shape index (κ2) is 7.25. The van der Waals surface area contributed by atoms with Gasteiger partial charge in [0.05, 0.1) is 0 Å². The van der Waals surface area contributed by atoms with Crippen molar-refractivity contribution >= 4 is 35.1 Å². The molecule has 0 saturated heterocycles. The minimum atomic E-state index is -0.718. The van der Waals surface area contributed by atoms with Crippen molar-refractivity contribution in [3.8, 4) is 0 Å². The summed E-state index contributed by atoms with van der Waals surface area (Å²) in [5.41, 5.74) is 8.68. The Morgan fingerprint density at radius 1 is 1.16 bits per heavy atom. The van der Waals surface area contributed by atoms with Gasteiger partial charge in [0.15, 0.2) is 5.58 Å². The average Bonchev–Trinajstić information content (AvgIpc) is 2.98.